The van der Waals surface area contributed by atoms with Crippen molar-refractivity contribution in [2.45, 2.75) is 52.5 Å². The monoisotopic (exact) mass is 261 g/mol. The van der Waals surface area contributed by atoms with Gasteiger partial charge in [0.05, 0.1) is 11.4 Å². The zero-order valence-corrected chi connectivity index (χ0v) is 10.9. The molecule has 1 aliphatic heterocycles. The summed E-state index contributed by atoms with van der Waals surface area (Å²) in [6, 6.07) is 0.340. The Hall–Kier alpha value is -1.04. The molecular formula is C12H18F3N3. The Morgan fingerprint density at radius 2 is 1.94 bits per heavy atom. The van der Waals surface area contributed by atoms with E-state index in [4.69, 9.17) is 0 Å². The fourth-order valence-electron chi connectivity index (χ4n) is 2.39. The molecular weight excluding hydrogens is 243 g/mol. The summed E-state index contributed by atoms with van der Waals surface area (Å²) < 4.78 is 40.0. The number of alkyl halides is 3. The first-order valence-electron chi connectivity index (χ1n) is 6.24. The molecule has 1 aliphatic rings. The van der Waals surface area contributed by atoms with Crippen LogP contribution in [0.3, 0.4) is 0 Å². The smallest absolute Gasteiger partial charge is 0.322 e. The SMILES string of the molecule is CCc1nc(C(F)(F)F)n2c1CN(C(C)C)CC2. The standard InChI is InChI=1S/C12H18F3N3/c1-4-9-10-7-17(8(2)3)5-6-18(10)11(16-9)12(13,14)15/h8H,4-7H2,1-3H3. The van der Waals surface area contributed by atoms with Crippen LogP contribution in [0.5, 0.6) is 0 Å². The largest absolute Gasteiger partial charge is 0.449 e. The van der Waals surface area contributed by atoms with Crippen LogP contribution >= 0.6 is 0 Å². The molecule has 2 heterocycles. The van der Waals surface area contributed by atoms with E-state index < -0.39 is 12.0 Å². The van der Waals surface area contributed by atoms with E-state index in [9.17, 15) is 13.2 Å². The van der Waals surface area contributed by atoms with Crippen LogP contribution in [0, 0.1) is 0 Å². The summed E-state index contributed by atoms with van der Waals surface area (Å²) >= 11 is 0. The van der Waals surface area contributed by atoms with Crippen molar-refractivity contribution in [3.63, 3.8) is 0 Å². The molecule has 1 aromatic rings. The zero-order chi connectivity index (χ0) is 13.5. The molecule has 3 nitrogen and oxygen atoms in total. The molecule has 0 saturated carbocycles. The molecule has 102 valence electrons. The van der Waals surface area contributed by atoms with Crippen LogP contribution in [0.1, 0.15) is 38.0 Å². The highest BCUT2D eigenvalue weighted by atomic mass is 19.4. The highest BCUT2D eigenvalue weighted by molar-refractivity contribution is 5.20. The fraction of sp³-hybridized carbons (Fsp3) is 0.750. The minimum Gasteiger partial charge on any atom is -0.322 e. The summed E-state index contributed by atoms with van der Waals surface area (Å²) in [5.41, 5.74) is 1.30. The molecule has 0 spiro atoms. The van der Waals surface area contributed by atoms with Crippen LogP contribution in [-0.2, 0) is 25.7 Å². The average Bonchev–Trinajstić information content (AvgIpc) is 2.66. The number of imidazole rings is 1. The minimum absolute atomic E-state index is 0.340. The summed E-state index contributed by atoms with van der Waals surface area (Å²) in [4.78, 5) is 5.96. The molecule has 0 N–H and O–H groups in total. The van der Waals surface area contributed by atoms with Crippen molar-refractivity contribution in [3.05, 3.63) is 17.2 Å². The Morgan fingerprint density at radius 3 is 2.44 bits per heavy atom. The van der Waals surface area contributed by atoms with Gasteiger partial charge >= 0.3 is 6.18 Å². The molecule has 0 saturated heterocycles. The third kappa shape index (κ3) is 2.25. The summed E-state index contributed by atoms with van der Waals surface area (Å²) in [6.07, 6.45) is -3.82. The van der Waals surface area contributed by atoms with E-state index in [-0.39, 0.29) is 0 Å². The molecule has 2 rings (SSSR count). The van der Waals surface area contributed by atoms with Gasteiger partial charge in [-0.3, -0.25) is 4.90 Å². The highest BCUT2D eigenvalue weighted by Crippen LogP contribution is 2.32. The Kier molecular flexibility index (Phi) is 3.40. The van der Waals surface area contributed by atoms with Crippen LogP contribution in [0.2, 0.25) is 0 Å². The van der Waals surface area contributed by atoms with Gasteiger partial charge in [0.15, 0.2) is 0 Å². The third-order valence-electron chi connectivity index (χ3n) is 3.44. The van der Waals surface area contributed by atoms with Crippen LogP contribution in [0.4, 0.5) is 13.2 Å². The van der Waals surface area contributed by atoms with Crippen molar-refractivity contribution >= 4 is 0 Å². The molecule has 0 atom stereocenters. The first kappa shape index (κ1) is 13.4. The van der Waals surface area contributed by atoms with Gasteiger partial charge in [-0.05, 0) is 20.3 Å². The summed E-state index contributed by atoms with van der Waals surface area (Å²) in [5.74, 6) is -0.738. The number of halogens is 3. The van der Waals surface area contributed by atoms with Crippen molar-refractivity contribution < 1.29 is 13.2 Å². The van der Waals surface area contributed by atoms with Crippen LogP contribution < -0.4 is 0 Å². The molecule has 18 heavy (non-hydrogen) atoms. The Bertz CT molecular complexity index is 435. The van der Waals surface area contributed by atoms with Crippen molar-refractivity contribution in [2.75, 3.05) is 6.54 Å². The first-order valence-corrected chi connectivity index (χ1v) is 6.24. The molecule has 6 heteroatoms. The maximum absolute atomic E-state index is 12.9. The number of aromatic nitrogens is 2. The predicted octanol–water partition coefficient (Wildman–Crippen LogP) is 2.69. The number of hydrogen-bond acceptors (Lipinski definition) is 2. The number of rotatable bonds is 2. The quantitative estimate of drug-likeness (QED) is 0.816. The van der Waals surface area contributed by atoms with Gasteiger partial charge in [-0.25, -0.2) is 4.98 Å². The lowest BCUT2D eigenvalue weighted by molar-refractivity contribution is -0.147. The predicted molar refractivity (Wildman–Crippen MR) is 62.2 cm³/mol. The van der Waals surface area contributed by atoms with Gasteiger partial charge in [0.25, 0.3) is 0 Å². The normalized spacial score (nSPS) is 17.3. The second kappa shape index (κ2) is 4.57. The van der Waals surface area contributed by atoms with Crippen LogP contribution in [0.25, 0.3) is 0 Å². The van der Waals surface area contributed by atoms with Gasteiger partial charge in [0.1, 0.15) is 0 Å². The molecule has 1 aromatic heterocycles. The summed E-state index contributed by atoms with van der Waals surface area (Å²) in [7, 11) is 0. The van der Waals surface area contributed by atoms with Gasteiger partial charge in [-0.2, -0.15) is 13.2 Å². The third-order valence-corrected chi connectivity index (χ3v) is 3.44. The van der Waals surface area contributed by atoms with E-state index in [1.54, 1.807) is 0 Å². The lowest BCUT2D eigenvalue weighted by Crippen LogP contribution is -2.39. The zero-order valence-electron chi connectivity index (χ0n) is 10.9. The molecule has 0 amide bonds. The van der Waals surface area contributed by atoms with Crippen molar-refractivity contribution in [1.29, 1.82) is 0 Å². The maximum Gasteiger partial charge on any atom is 0.449 e. The van der Waals surface area contributed by atoms with E-state index in [0.717, 1.165) is 5.69 Å². The van der Waals surface area contributed by atoms with Gasteiger partial charge in [-0.15, -0.1) is 0 Å². The molecule has 0 fully saturated rings. The van der Waals surface area contributed by atoms with Crippen molar-refractivity contribution in [2.24, 2.45) is 0 Å². The van der Waals surface area contributed by atoms with Crippen molar-refractivity contribution in [1.82, 2.24) is 14.5 Å². The molecule has 0 unspecified atom stereocenters. The lowest BCUT2D eigenvalue weighted by Gasteiger charge is -2.32. The Labute approximate surface area is 105 Å². The minimum atomic E-state index is -4.36. The maximum atomic E-state index is 12.9. The molecule has 0 radical (unpaired) electrons. The van der Waals surface area contributed by atoms with E-state index in [0.29, 0.717) is 37.8 Å². The van der Waals surface area contributed by atoms with Gasteiger partial charge in [-0.1, -0.05) is 6.92 Å². The van der Waals surface area contributed by atoms with Crippen LogP contribution in [-0.4, -0.2) is 27.0 Å². The molecule has 0 bridgehead atoms. The highest BCUT2D eigenvalue weighted by Gasteiger charge is 2.39. The van der Waals surface area contributed by atoms with Crippen LogP contribution in [0.15, 0.2) is 0 Å². The lowest BCUT2D eigenvalue weighted by atomic mass is 10.2. The van der Waals surface area contributed by atoms with E-state index in [2.05, 4.69) is 23.7 Å². The fourth-order valence-corrected chi connectivity index (χ4v) is 2.39. The number of fused-ring (bicyclic) bond motifs is 1. The Balaban J connectivity index is 2.42. The second-order valence-electron chi connectivity index (χ2n) is 4.90. The summed E-state index contributed by atoms with van der Waals surface area (Å²) in [6.45, 7) is 7.54. The van der Waals surface area contributed by atoms with Crippen molar-refractivity contribution in [3.8, 4) is 0 Å². The number of aryl methyl sites for hydroxylation is 1. The number of hydrogen-bond donors (Lipinski definition) is 0. The Morgan fingerprint density at radius 1 is 1.28 bits per heavy atom. The summed E-state index contributed by atoms with van der Waals surface area (Å²) in [5, 5.41) is 0. The molecule has 0 aromatic carbocycles. The topological polar surface area (TPSA) is 21.1 Å². The van der Waals surface area contributed by atoms with Gasteiger partial charge in [0, 0.05) is 25.7 Å². The molecule has 0 aliphatic carbocycles. The van der Waals surface area contributed by atoms with E-state index in [1.165, 1.54) is 4.57 Å². The van der Waals surface area contributed by atoms with E-state index in [1.807, 2.05) is 6.92 Å². The average molecular weight is 261 g/mol. The van der Waals surface area contributed by atoms with Gasteiger partial charge < -0.3 is 4.57 Å². The number of nitrogens with zero attached hydrogens (tertiary/aromatic N) is 3. The van der Waals surface area contributed by atoms with Gasteiger partial charge in [0.2, 0.25) is 5.82 Å². The second-order valence-corrected chi connectivity index (χ2v) is 4.90. The first-order chi connectivity index (χ1) is 8.34. The van der Waals surface area contributed by atoms with E-state index >= 15 is 0 Å².